The second-order valence-corrected chi connectivity index (χ2v) is 6.47. The lowest BCUT2D eigenvalue weighted by Gasteiger charge is -2.23. The van der Waals surface area contributed by atoms with E-state index in [1.807, 2.05) is 6.92 Å². The molecule has 0 saturated heterocycles. The van der Waals surface area contributed by atoms with Crippen LogP contribution < -0.4 is 5.73 Å². The number of rotatable bonds is 6. The maximum atomic E-state index is 10.9. The smallest absolute Gasteiger partial charge is 0.243 e. The van der Waals surface area contributed by atoms with E-state index in [-0.39, 0.29) is 0 Å². The SMILES string of the molecule is C=C(C)C(N)=O.CC[PH](=O)OCC[N+](C)(C)C. The Balaban J connectivity index is 0. The van der Waals surface area contributed by atoms with E-state index in [1.165, 1.54) is 0 Å². The summed E-state index contributed by atoms with van der Waals surface area (Å²) in [5, 5.41) is 0. The number of quaternary nitrogens is 1. The van der Waals surface area contributed by atoms with Gasteiger partial charge >= 0.3 is 0 Å². The van der Waals surface area contributed by atoms with Crippen LogP contribution in [0.1, 0.15) is 13.8 Å². The molecule has 0 spiro atoms. The Morgan fingerprint density at radius 1 is 1.41 bits per heavy atom. The molecule has 1 amide bonds. The molecule has 0 aromatic rings. The molecule has 2 N–H and O–H groups in total. The Hall–Kier alpha value is -0.640. The summed E-state index contributed by atoms with van der Waals surface area (Å²) in [7, 11) is 4.56. The van der Waals surface area contributed by atoms with Crippen LogP contribution in [-0.2, 0) is 13.9 Å². The normalized spacial score (nSPS) is 12.3. The molecule has 0 radical (unpaired) electrons. The molecule has 0 bridgehead atoms. The first-order valence-electron chi connectivity index (χ1n) is 5.51. The minimum Gasteiger partial charge on any atom is -0.366 e. The lowest BCUT2D eigenvalue weighted by Crippen LogP contribution is -2.37. The number of carbonyl (C=O) groups excluding carboxylic acids is 1. The van der Waals surface area contributed by atoms with Crippen LogP contribution in [0, 0.1) is 0 Å². The highest BCUT2D eigenvalue weighted by Crippen LogP contribution is 2.20. The lowest BCUT2D eigenvalue weighted by atomic mass is 10.3. The van der Waals surface area contributed by atoms with Gasteiger partial charge in [0.2, 0.25) is 5.91 Å². The molecular formula is C11H26N2O3P+. The molecule has 0 heterocycles. The minimum absolute atomic E-state index is 0.398. The topological polar surface area (TPSA) is 69.4 Å². The van der Waals surface area contributed by atoms with Crippen molar-refractivity contribution in [3.8, 4) is 0 Å². The van der Waals surface area contributed by atoms with E-state index in [9.17, 15) is 9.36 Å². The van der Waals surface area contributed by atoms with Crippen LogP contribution >= 0.6 is 8.03 Å². The van der Waals surface area contributed by atoms with Gasteiger partial charge in [-0.1, -0.05) is 13.5 Å². The largest absolute Gasteiger partial charge is 0.366 e. The molecule has 1 unspecified atom stereocenters. The van der Waals surface area contributed by atoms with Crippen molar-refractivity contribution in [3.05, 3.63) is 12.2 Å². The number of hydrogen-bond donors (Lipinski definition) is 1. The molecule has 0 fully saturated rings. The zero-order valence-electron chi connectivity index (χ0n) is 11.6. The standard InChI is InChI=1S/C7H19NO2P.C4H7NO/c1-5-11(9)10-7-6-8(2,3)4;1-3(2)4(5)6/h11H,5-7H2,1-4H3;1H2,2H3,(H2,5,6)/q+1;. The van der Waals surface area contributed by atoms with Crippen LogP contribution in [0.2, 0.25) is 0 Å². The third-order valence-electron chi connectivity index (χ3n) is 1.73. The van der Waals surface area contributed by atoms with Crippen molar-refractivity contribution < 1.29 is 18.4 Å². The van der Waals surface area contributed by atoms with Crippen LogP contribution in [0.4, 0.5) is 0 Å². The quantitative estimate of drug-likeness (QED) is 0.446. The van der Waals surface area contributed by atoms with Crippen molar-refractivity contribution >= 4 is 13.9 Å². The number of nitrogens with two attached hydrogens (primary N) is 1. The highest BCUT2D eigenvalue weighted by atomic mass is 31.1. The van der Waals surface area contributed by atoms with Gasteiger partial charge in [-0.05, 0) is 6.92 Å². The first-order valence-corrected chi connectivity index (χ1v) is 7.04. The highest BCUT2D eigenvalue weighted by molar-refractivity contribution is 7.39. The van der Waals surface area contributed by atoms with Crippen molar-refractivity contribution in [1.82, 2.24) is 0 Å². The monoisotopic (exact) mass is 265 g/mol. The number of nitrogens with zero attached hydrogens (tertiary/aromatic N) is 1. The number of likely N-dealkylation sites (N-methyl/N-ethyl adjacent to an activating group) is 1. The first kappa shape index (κ1) is 18.7. The van der Waals surface area contributed by atoms with E-state index in [4.69, 9.17) is 10.3 Å². The minimum atomic E-state index is -1.71. The van der Waals surface area contributed by atoms with Gasteiger partial charge in [-0.2, -0.15) is 0 Å². The van der Waals surface area contributed by atoms with Gasteiger partial charge in [0, 0.05) is 11.7 Å². The van der Waals surface area contributed by atoms with Gasteiger partial charge in [0.25, 0.3) is 0 Å². The van der Waals surface area contributed by atoms with Crippen molar-refractivity contribution in [1.29, 1.82) is 0 Å². The summed E-state index contributed by atoms with van der Waals surface area (Å²) in [6, 6.07) is 0. The maximum absolute atomic E-state index is 10.9. The summed E-state index contributed by atoms with van der Waals surface area (Å²) in [5.41, 5.74) is 5.09. The molecule has 0 aliphatic rings. The summed E-state index contributed by atoms with van der Waals surface area (Å²) < 4.78 is 16.8. The second kappa shape index (κ2) is 9.40. The molecule has 102 valence electrons. The van der Waals surface area contributed by atoms with Gasteiger partial charge in [-0.15, -0.1) is 0 Å². The molecule has 5 nitrogen and oxygen atoms in total. The molecule has 0 saturated carbocycles. The average molecular weight is 265 g/mol. The van der Waals surface area contributed by atoms with Gasteiger partial charge in [0.1, 0.15) is 13.2 Å². The molecular weight excluding hydrogens is 239 g/mol. The molecule has 0 rings (SSSR count). The number of amides is 1. The summed E-state index contributed by atoms with van der Waals surface area (Å²) in [6.07, 6.45) is 0.655. The van der Waals surface area contributed by atoms with Crippen LogP contribution in [0.15, 0.2) is 12.2 Å². The fourth-order valence-electron chi connectivity index (χ4n) is 0.535. The number of primary amides is 1. The van der Waals surface area contributed by atoms with E-state index < -0.39 is 13.9 Å². The molecule has 17 heavy (non-hydrogen) atoms. The second-order valence-electron chi connectivity index (χ2n) is 4.73. The summed E-state index contributed by atoms with van der Waals surface area (Å²) >= 11 is 0. The Kier molecular flexibility index (Phi) is 10.3. The average Bonchev–Trinajstić information content (AvgIpc) is 2.16. The van der Waals surface area contributed by atoms with E-state index in [1.54, 1.807) is 6.92 Å². The van der Waals surface area contributed by atoms with E-state index in [2.05, 4.69) is 27.7 Å². The molecule has 0 aromatic carbocycles. The zero-order valence-corrected chi connectivity index (χ0v) is 12.6. The molecule has 0 aliphatic heterocycles. The van der Waals surface area contributed by atoms with Crippen molar-refractivity contribution in [2.45, 2.75) is 13.8 Å². The summed E-state index contributed by atoms with van der Waals surface area (Å²) in [6.45, 7) is 8.25. The third kappa shape index (κ3) is 17.9. The van der Waals surface area contributed by atoms with Crippen LogP contribution in [0.25, 0.3) is 0 Å². The zero-order chi connectivity index (χ0) is 14.1. The number of carbonyl (C=O) groups is 1. The van der Waals surface area contributed by atoms with Crippen LogP contribution in [-0.4, -0.2) is 50.8 Å². The summed E-state index contributed by atoms with van der Waals surface area (Å²) in [4.78, 5) is 9.82. The first-order chi connectivity index (χ1) is 7.60. The third-order valence-corrected chi connectivity index (χ3v) is 2.84. The van der Waals surface area contributed by atoms with Crippen molar-refractivity contribution in [2.75, 3.05) is 40.5 Å². The van der Waals surface area contributed by atoms with Crippen molar-refractivity contribution in [3.63, 3.8) is 0 Å². The summed E-state index contributed by atoms with van der Waals surface area (Å²) in [5.74, 6) is -0.435. The predicted molar refractivity (Wildman–Crippen MR) is 72.4 cm³/mol. The maximum Gasteiger partial charge on any atom is 0.243 e. The molecule has 6 heteroatoms. The Morgan fingerprint density at radius 3 is 2.06 bits per heavy atom. The Labute approximate surface area is 105 Å². The van der Waals surface area contributed by atoms with Gasteiger partial charge in [-0.3, -0.25) is 9.36 Å². The van der Waals surface area contributed by atoms with Crippen LogP contribution in [0.5, 0.6) is 0 Å². The van der Waals surface area contributed by atoms with E-state index >= 15 is 0 Å². The number of hydrogen-bond acceptors (Lipinski definition) is 3. The van der Waals surface area contributed by atoms with Gasteiger partial charge in [0.05, 0.1) is 21.1 Å². The van der Waals surface area contributed by atoms with Gasteiger partial charge in [-0.25, -0.2) is 0 Å². The fourth-order valence-corrected chi connectivity index (χ4v) is 1.06. The van der Waals surface area contributed by atoms with E-state index in [0.29, 0.717) is 18.3 Å². The van der Waals surface area contributed by atoms with Gasteiger partial charge in [0.15, 0.2) is 8.03 Å². The Bertz CT molecular complexity index is 260. The molecule has 1 atom stereocenters. The Morgan fingerprint density at radius 2 is 1.82 bits per heavy atom. The van der Waals surface area contributed by atoms with Crippen molar-refractivity contribution in [2.24, 2.45) is 5.73 Å². The predicted octanol–water partition coefficient (Wildman–Crippen LogP) is 1.25. The van der Waals surface area contributed by atoms with E-state index in [0.717, 1.165) is 11.0 Å². The van der Waals surface area contributed by atoms with Gasteiger partial charge < -0.3 is 14.7 Å². The molecule has 0 aliphatic carbocycles. The lowest BCUT2D eigenvalue weighted by molar-refractivity contribution is -0.870. The molecule has 0 aromatic heterocycles. The van der Waals surface area contributed by atoms with Crippen LogP contribution in [0.3, 0.4) is 0 Å². The highest BCUT2D eigenvalue weighted by Gasteiger charge is 2.06. The fraction of sp³-hybridized carbons (Fsp3) is 0.727.